The number of aryl methyl sites for hydroxylation is 1. The molecule has 2 aliphatic rings. The van der Waals surface area contributed by atoms with Crippen molar-refractivity contribution in [2.45, 2.75) is 33.8 Å². The number of carbonyl (C=O) groups excluding carboxylic acids is 1. The molecule has 3 heterocycles. The van der Waals surface area contributed by atoms with E-state index in [1.54, 1.807) is 0 Å². The topological polar surface area (TPSA) is 55.6 Å². The third-order valence-electron chi connectivity index (χ3n) is 4.90. The van der Waals surface area contributed by atoms with Crippen LogP contribution in [0.15, 0.2) is 22.7 Å². The Labute approximate surface area is 141 Å². The highest BCUT2D eigenvalue weighted by atomic mass is 16.5. The zero-order valence-corrected chi connectivity index (χ0v) is 14.3. The lowest BCUT2D eigenvalue weighted by Gasteiger charge is -2.34. The van der Waals surface area contributed by atoms with Crippen molar-refractivity contribution in [1.29, 1.82) is 0 Å². The van der Waals surface area contributed by atoms with Gasteiger partial charge in [-0.2, -0.15) is 0 Å². The second-order valence-corrected chi connectivity index (χ2v) is 7.28. The fraction of sp³-hybridized carbons (Fsp3) is 0.474. The Morgan fingerprint density at radius 2 is 2.00 bits per heavy atom. The zero-order valence-electron chi connectivity index (χ0n) is 14.3. The molecule has 1 saturated heterocycles. The van der Waals surface area contributed by atoms with Crippen LogP contribution in [0, 0.1) is 18.8 Å². The fourth-order valence-electron chi connectivity index (χ4n) is 3.90. The SMILES string of the molecule is Cc1ccc2c(c1)-c1onc(C(=O)N3C[C@@H](C)C[C@H](C)C3)c1CO2. The Kier molecular flexibility index (Phi) is 3.59. The van der Waals surface area contributed by atoms with Crippen LogP contribution in [-0.2, 0) is 6.61 Å². The molecule has 4 rings (SSSR count). The van der Waals surface area contributed by atoms with Gasteiger partial charge in [-0.25, -0.2) is 0 Å². The predicted octanol–water partition coefficient (Wildman–Crippen LogP) is 3.66. The number of piperidine rings is 1. The quantitative estimate of drug-likeness (QED) is 0.802. The number of aromatic nitrogens is 1. The predicted molar refractivity (Wildman–Crippen MR) is 89.9 cm³/mol. The number of rotatable bonds is 1. The van der Waals surface area contributed by atoms with Crippen LogP contribution < -0.4 is 4.74 Å². The normalized spacial score (nSPS) is 22.5. The summed E-state index contributed by atoms with van der Waals surface area (Å²) in [5.74, 6) is 2.43. The van der Waals surface area contributed by atoms with E-state index in [9.17, 15) is 4.79 Å². The summed E-state index contributed by atoms with van der Waals surface area (Å²) in [4.78, 5) is 14.9. The highest BCUT2D eigenvalue weighted by Gasteiger charge is 2.33. The van der Waals surface area contributed by atoms with Crippen LogP contribution in [0.2, 0.25) is 0 Å². The van der Waals surface area contributed by atoms with Gasteiger partial charge in [0.25, 0.3) is 5.91 Å². The van der Waals surface area contributed by atoms with Gasteiger partial charge in [-0.05, 0) is 37.3 Å². The molecule has 5 nitrogen and oxygen atoms in total. The average molecular weight is 326 g/mol. The Morgan fingerprint density at radius 3 is 2.75 bits per heavy atom. The van der Waals surface area contributed by atoms with Crippen molar-refractivity contribution < 1.29 is 14.1 Å². The lowest BCUT2D eigenvalue weighted by atomic mass is 9.91. The monoisotopic (exact) mass is 326 g/mol. The minimum Gasteiger partial charge on any atom is -0.488 e. The van der Waals surface area contributed by atoms with Crippen LogP contribution in [0.3, 0.4) is 0 Å². The minimum atomic E-state index is -0.0434. The van der Waals surface area contributed by atoms with Gasteiger partial charge >= 0.3 is 0 Å². The molecule has 1 aromatic heterocycles. The molecule has 2 atom stereocenters. The number of likely N-dealkylation sites (tertiary alicyclic amines) is 1. The third-order valence-corrected chi connectivity index (χ3v) is 4.90. The van der Waals surface area contributed by atoms with E-state index in [0.717, 1.165) is 42.0 Å². The maximum absolute atomic E-state index is 13.0. The Hall–Kier alpha value is -2.30. The van der Waals surface area contributed by atoms with Crippen molar-refractivity contribution in [3.8, 4) is 17.1 Å². The Balaban J connectivity index is 1.68. The number of fused-ring (bicyclic) bond motifs is 3. The zero-order chi connectivity index (χ0) is 16.8. The second-order valence-electron chi connectivity index (χ2n) is 7.28. The molecule has 0 unspecified atom stereocenters. The van der Waals surface area contributed by atoms with Crippen molar-refractivity contribution in [2.24, 2.45) is 11.8 Å². The molecule has 0 bridgehead atoms. The van der Waals surface area contributed by atoms with Crippen LogP contribution in [0.4, 0.5) is 0 Å². The molecule has 0 aliphatic carbocycles. The summed E-state index contributed by atoms with van der Waals surface area (Å²) in [6.45, 7) is 8.29. The lowest BCUT2D eigenvalue weighted by molar-refractivity contribution is 0.0610. The van der Waals surface area contributed by atoms with Gasteiger partial charge in [0.2, 0.25) is 0 Å². The Bertz CT molecular complexity index is 786. The summed E-state index contributed by atoms with van der Waals surface area (Å²) >= 11 is 0. The summed E-state index contributed by atoms with van der Waals surface area (Å²) in [7, 11) is 0. The van der Waals surface area contributed by atoms with Crippen LogP contribution in [0.5, 0.6) is 5.75 Å². The van der Waals surface area contributed by atoms with Crippen LogP contribution >= 0.6 is 0 Å². The maximum Gasteiger partial charge on any atom is 0.276 e. The first-order valence-corrected chi connectivity index (χ1v) is 8.54. The molecule has 2 aliphatic heterocycles. The van der Waals surface area contributed by atoms with Gasteiger partial charge in [0, 0.05) is 13.1 Å². The number of benzene rings is 1. The first kappa shape index (κ1) is 15.2. The van der Waals surface area contributed by atoms with E-state index in [-0.39, 0.29) is 5.91 Å². The number of nitrogens with zero attached hydrogens (tertiary/aromatic N) is 2. The van der Waals surface area contributed by atoms with Gasteiger partial charge in [0.15, 0.2) is 11.5 Å². The van der Waals surface area contributed by atoms with Crippen molar-refractivity contribution in [3.63, 3.8) is 0 Å². The number of hydrogen-bond donors (Lipinski definition) is 0. The highest BCUT2D eigenvalue weighted by molar-refractivity contribution is 5.95. The largest absolute Gasteiger partial charge is 0.488 e. The summed E-state index contributed by atoms with van der Waals surface area (Å²) < 4.78 is 11.4. The van der Waals surface area contributed by atoms with Crippen molar-refractivity contribution in [2.75, 3.05) is 13.1 Å². The first-order chi connectivity index (χ1) is 11.5. The van der Waals surface area contributed by atoms with Crippen molar-refractivity contribution >= 4 is 5.91 Å². The Morgan fingerprint density at radius 1 is 1.25 bits per heavy atom. The van der Waals surface area contributed by atoms with Gasteiger partial charge in [0.05, 0.1) is 11.1 Å². The number of ether oxygens (including phenoxy) is 1. The van der Waals surface area contributed by atoms with Gasteiger partial charge < -0.3 is 14.2 Å². The van der Waals surface area contributed by atoms with Gasteiger partial charge in [-0.1, -0.05) is 30.6 Å². The summed E-state index contributed by atoms with van der Waals surface area (Å²) in [5, 5.41) is 4.11. The smallest absolute Gasteiger partial charge is 0.276 e. The van der Waals surface area contributed by atoms with E-state index < -0.39 is 0 Å². The van der Waals surface area contributed by atoms with Gasteiger partial charge in [0.1, 0.15) is 12.4 Å². The summed E-state index contributed by atoms with van der Waals surface area (Å²) in [6, 6.07) is 5.95. The molecule has 126 valence electrons. The van der Waals surface area contributed by atoms with Crippen molar-refractivity contribution in [1.82, 2.24) is 10.1 Å². The number of carbonyl (C=O) groups is 1. The molecule has 0 spiro atoms. The maximum atomic E-state index is 13.0. The van der Waals surface area contributed by atoms with E-state index in [1.165, 1.54) is 0 Å². The van der Waals surface area contributed by atoms with Gasteiger partial charge in [-0.3, -0.25) is 4.79 Å². The van der Waals surface area contributed by atoms with Gasteiger partial charge in [-0.15, -0.1) is 0 Å². The molecule has 0 N–H and O–H groups in total. The fourth-order valence-corrected chi connectivity index (χ4v) is 3.90. The number of amides is 1. The lowest BCUT2D eigenvalue weighted by Crippen LogP contribution is -2.43. The van der Waals surface area contributed by atoms with Crippen LogP contribution in [0.1, 0.15) is 41.9 Å². The standard InChI is InChI=1S/C19H22N2O3/c1-11-4-5-16-14(7-11)18-15(10-23-16)17(20-24-18)19(22)21-8-12(2)6-13(3)9-21/h4-5,7,12-13H,6,8-10H2,1-3H3/t12-,13-/m0/s1. The molecule has 1 fully saturated rings. The van der Waals surface area contributed by atoms with E-state index in [4.69, 9.17) is 9.26 Å². The molecule has 1 aromatic carbocycles. The van der Waals surface area contributed by atoms with E-state index in [1.807, 2.05) is 30.0 Å². The van der Waals surface area contributed by atoms with E-state index >= 15 is 0 Å². The van der Waals surface area contributed by atoms with E-state index in [0.29, 0.717) is 29.9 Å². The molecule has 1 amide bonds. The van der Waals surface area contributed by atoms with Crippen LogP contribution in [-0.4, -0.2) is 29.1 Å². The number of hydrogen-bond acceptors (Lipinski definition) is 4. The van der Waals surface area contributed by atoms with E-state index in [2.05, 4.69) is 19.0 Å². The highest BCUT2D eigenvalue weighted by Crippen LogP contribution is 2.39. The molecule has 0 radical (unpaired) electrons. The van der Waals surface area contributed by atoms with Crippen molar-refractivity contribution in [3.05, 3.63) is 35.0 Å². The molecular weight excluding hydrogens is 304 g/mol. The van der Waals surface area contributed by atoms with Crippen LogP contribution in [0.25, 0.3) is 11.3 Å². The minimum absolute atomic E-state index is 0.0434. The molecule has 2 aromatic rings. The molecule has 0 saturated carbocycles. The average Bonchev–Trinajstić information content (AvgIpc) is 2.97. The molecule has 24 heavy (non-hydrogen) atoms. The summed E-state index contributed by atoms with van der Waals surface area (Å²) in [6.07, 6.45) is 1.16. The first-order valence-electron chi connectivity index (χ1n) is 8.54. The summed E-state index contributed by atoms with van der Waals surface area (Å²) in [5.41, 5.74) is 3.17. The third kappa shape index (κ3) is 2.48. The second kappa shape index (κ2) is 5.65. The molecular formula is C19H22N2O3. The molecule has 5 heteroatoms.